The van der Waals surface area contributed by atoms with Crippen LogP contribution in [0, 0.1) is 0 Å². The minimum atomic E-state index is -0.0574. The Morgan fingerprint density at radius 2 is 1.79 bits per heavy atom. The third-order valence-corrected chi connectivity index (χ3v) is 4.93. The maximum Gasteiger partial charge on any atom is 0.255 e. The van der Waals surface area contributed by atoms with E-state index in [9.17, 15) is 9.59 Å². The summed E-state index contributed by atoms with van der Waals surface area (Å²) in [5.74, 6) is 2.19. The van der Waals surface area contributed by atoms with Gasteiger partial charge in [0.25, 0.3) is 5.91 Å². The van der Waals surface area contributed by atoms with Gasteiger partial charge in [0.2, 0.25) is 12.7 Å². The van der Waals surface area contributed by atoms with Gasteiger partial charge in [0.05, 0.1) is 5.56 Å². The normalized spacial score (nSPS) is 15.5. The summed E-state index contributed by atoms with van der Waals surface area (Å²) in [6.07, 6.45) is 1.58. The zero-order valence-corrected chi connectivity index (χ0v) is 15.7. The molecule has 8 nitrogen and oxygen atoms in total. The number of pyridine rings is 1. The van der Waals surface area contributed by atoms with Crippen LogP contribution in [0.2, 0.25) is 0 Å². The molecular weight excluding hydrogens is 360 g/mol. The lowest BCUT2D eigenvalue weighted by Crippen LogP contribution is -2.50. The smallest absolute Gasteiger partial charge is 0.255 e. The molecule has 0 saturated carbocycles. The second-order valence-electron chi connectivity index (χ2n) is 6.77. The molecule has 28 heavy (non-hydrogen) atoms. The molecule has 146 valence electrons. The standard InChI is InChI=1S/C20H22N4O4/c1-14(25)23-6-8-24(9-7-23)20(26)16-3-5-19(22-12-16)21-11-15-2-4-17-18(10-15)28-13-27-17/h2-5,10,12H,6-9,11,13H2,1H3,(H,21,22). The van der Waals surface area contributed by atoms with Crippen molar-refractivity contribution in [2.45, 2.75) is 13.5 Å². The Labute approximate surface area is 163 Å². The lowest BCUT2D eigenvalue weighted by molar-refractivity contribution is -0.130. The quantitative estimate of drug-likeness (QED) is 0.867. The molecule has 0 unspecified atom stereocenters. The first kappa shape index (κ1) is 18.1. The number of piperazine rings is 1. The minimum Gasteiger partial charge on any atom is -0.454 e. The van der Waals surface area contributed by atoms with Gasteiger partial charge in [-0.05, 0) is 29.8 Å². The van der Waals surface area contributed by atoms with E-state index in [1.807, 2.05) is 18.2 Å². The lowest BCUT2D eigenvalue weighted by atomic mass is 10.2. The maximum atomic E-state index is 12.6. The van der Waals surface area contributed by atoms with Crippen LogP contribution in [-0.2, 0) is 11.3 Å². The van der Waals surface area contributed by atoms with Gasteiger partial charge in [-0.3, -0.25) is 9.59 Å². The van der Waals surface area contributed by atoms with Crippen molar-refractivity contribution in [3.63, 3.8) is 0 Å². The lowest BCUT2D eigenvalue weighted by Gasteiger charge is -2.34. The second-order valence-corrected chi connectivity index (χ2v) is 6.77. The van der Waals surface area contributed by atoms with Crippen LogP contribution in [0.3, 0.4) is 0 Å². The predicted molar refractivity (Wildman–Crippen MR) is 102 cm³/mol. The van der Waals surface area contributed by atoms with Crippen LogP contribution in [0.4, 0.5) is 5.82 Å². The molecule has 1 N–H and O–H groups in total. The number of aromatic nitrogens is 1. The van der Waals surface area contributed by atoms with E-state index in [0.29, 0.717) is 44.1 Å². The Bertz CT molecular complexity index is 876. The Morgan fingerprint density at radius 3 is 2.50 bits per heavy atom. The topological polar surface area (TPSA) is 84.0 Å². The van der Waals surface area contributed by atoms with E-state index in [-0.39, 0.29) is 18.6 Å². The average Bonchev–Trinajstić information content (AvgIpc) is 3.20. The SMILES string of the molecule is CC(=O)N1CCN(C(=O)c2ccc(NCc3ccc4c(c3)OCO4)nc2)CC1. The molecule has 2 aliphatic heterocycles. The van der Waals surface area contributed by atoms with Crippen LogP contribution in [0.1, 0.15) is 22.8 Å². The van der Waals surface area contributed by atoms with E-state index < -0.39 is 0 Å². The molecule has 1 aromatic heterocycles. The number of hydrogen-bond donors (Lipinski definition) is 1. The summed E-state index contributed by atoms with van der Waals surface area (Å²) in [5.41, 5.74) is 1.60. The molecule has 2 amide bonds. The summed E-state index contributed by atoms with van der Waals surface area (Å²) >= 11 is 0. The first-order valence-electron chi connectivity index (χ1n) is 9.23. The molecular formula is C20H22N4O4. The van der Waals surface area contributed by atoms with E-state index in [0.717, 1.165) is 17.1 Å². The van der Waals surface area contributed by atoms with Crippen LogP contribution in [-0.4, -0.2) is 59.6 Å². The van der Waals surface area contributed by atoms with E-state index in [1.165, 1.54) is 0 Å². The highest BCUT2D eigenvalue weighted by atomic mass is 16.7. The van der Waals surface area contributed by atoms with E-state index >= 15 is 0 Å². The Hall–Kier alpha value is -3.29. The summed E-state index contributed by atoms with van der Waals surface area (Å²) in [6, 6.07) is 9.37. The van der Waals surface area contributed by atoms with Gasteiger partial charge in [-0.2, -0.15) is 0 Å². The number of carbonyl (C=O) groups excluding carboxylic acids is 2. The maximum absolute atomic E-state index is 12.6. The third-order valence-electron chi connectivity index (χ3n) is 4.93. The fraction of sp³-hybridized carbons (Fsp3) is 0.350. The van der Waals surface area contributed by atoms with Gasteiger partial charge in [-0.25, -0.2) is 4.98 Å². The monoisotopic (exact) mass is 382 g/mol. The number of rotatable bonds is 4. The summed E-state index contributed by atoms with van der Waals surface area (Å²) in [7, 11) is 0. The zero-order chi connectivity index (χ0) is 19.5. The van der Waals surface area contributed by atoms with Gasteiger partial charge in [-0.15, -0.1) is 0 Å². The van der Waals surface area contributed by atoms with Crippen LogP contribution >= 0.6 is 0 Å². The largest absolute Gasteiger partial charge is 0.454 e. The Balaban J connectivity index is 1.32. The number of hydrogen-bond acceptors (Lipinski definition) is 6. The first-order chi connectivity index (χ1) is 13.6. The number of carbonyl (C=O) groups is 2. The van der Waals surface area contributed by atoms with Crippen molar-refractivity contribution >= 4 is 17.6 Å². The third kappa shape index (κ3) is 3.85. The van der Waals surface area contributed by atoms with Crippen molar-refractivity contribution in [3.05, 3.63) is 47.7 Å². The summed E-state index contributed by atoms with van der Waals surface area (Å²) in [4.78, 5) is 31.9. The second kappa shape index (κ2) is 7.75. The predicted octanol–water partition coefficient (Wildman–Crippen LogP) is 1.73. The van der Waals surface area contributed by atoms with Crippen molar-refractivity contribution in [2.75, 3.05) is 38.3 Å². The van der Waals surface area contributed by atoms with Gasteiger partial charge in [0, 0.05) is 45.8 Å². The summed E-state index contributed by atoms with van der Waals surface area (Å²) < 4.78 is 10.7. The number of nitrogens with zero attached hydrogens (tertiary/aromatic N) is 3. The van der Waals surface area contributed by atoms with E-state index in [4.69, 9.17) is 9.47 Å². The molecule has 0 atom stereocenters. The number of nitrogens with one attached hydrogen (secondary N) is 1. The molecule has 1 fully saturated rings. The number of benzene rings is 1. The van der Waals surface area contributed by atoms with Crippen LogP contribution in [0.25, 0.3) is 0 Å². The highest BCUT2D eigenvalue weighted by Crippen LogP contribution is 2.32. The van der Waals surface area contributed by atoms with Crippen LogP contribution < -0.4 is 14.8 Å². The number of amides is 2. The minimum absolute atomic E-state index is 0.0478. The fourth-order valence-corrected chi connectivity index (χ4v) is 3.28. The molecule has 1 saturated heterocycles. The molecule has 8 heteroatoms. The summed E-state index contributed by atoms with van der Waals surface area (Å²) in [5, 5.41) is 3.24. The van der Waals surface area contributed by atoms with Crippen molar-refractivity contribution in [2.24, 2.45) is 0 Å². The molecule has 0 aliphatic carbocycles. The van der Waals surface area contributed by atoms with E-state index in [1.54, 1.807) is 35.1 Å². The highest BCUT2D eigenvalue weighted by Gasteiger charge is 2.23. The number of anilines is 1. The average molecular weight is 382 g/mol. The van der Waals surface area contributed by atoms with Crippen LogP contribution in [0.5, 0.6) is 11.5 Å². The first-order valence-corrected chi connectivity index (χ1v) is 9.23. The van der Waals surface area contributed by atoms with Gasteiger partial charge in [0.1, 0.15) is 5.82 Å². The van der Waals surface area contributed by atoms with Gasteiger partial charge >= 0.3 is 0 Å². The Kier molecular flexibility index (Phi) is 5.01. The molecule has 2 aliphatic rings. The van der Waals surface area contributed by atoms with Gasteiger partial charge in [-0.1, -0.05) is 6.07 Å². The molecule has 2 aromatic rings. The molecule has 3 heterocycles. The summed E-state index contributed by atoms with van der Waals surface area (Å²) in [6.45, 7) is 4.63. The zero-order valence-electron chi connectivity index (χ0n) is 15.7. The fourth-order valence-electron chi connectivity index (χ4n) is 3.28. The highest BCUT2D eigenvalue weighted by molar-refractivity contribution is 5.94. The molecule has 0 spiro atoms. The van der Waals surface area contributed by atoms with Crippen molar-refractivity contribution in [1.29, 1.82) is 0 Å². The van der Waals surface area contributed by atoms with E-state index in [2.05, 4.69) is 10.3 Å². The number of ether oxygens (including phenoxy) is 2. The van der Waals surface area contributed by atoms with Crippen molar-refractivity contribution in [1.82, 2.24) is 14.8 Å². The van der Waals surface area contributed by atoms with Gasteiger partial charge < -0.3 is 24.6 Å². The molecule has 4 rings (SSSR count). The molecule has 0 bridgehead atoms. The Morgan fingerprint density at radius 1 is 1.04 bits per heavy atom. The van der Waals surface area contributed by atoms with Crippen molar-refractivity contribution < 1.29 is 19.1 Å². The molecule has 1 aromatic carbocycles. The van der Waals surface area contributed by atoms with Crippen molar-refractivity contribution in [3.8, 4) is 11.5 Å². The number of fused-ring (bicyclic) bond motifs is 1. The van der Waals surface area contributed by atoms with Gasteiger partial charge in [0.15, 0.2) is 11.5 Å². The van der Waals surface area contributed by atoms with Crippen LogP contribution in [0.15, 0.2) is 36.5 Å². The molecule has 0 radical (unpaired) electrons.